The smallest absolute Gasteiger partial charge is 0.193 e. The molecule has 118 valence electrons. The molecule has 2 fully saturated rings. The van der Waals surface area contributed by atoms with E-state index in [1.54, 1.807) is 0 Å². The van der Waals surface area contributed by atoms with Crippen molar-refractivity contribution in [2.75, 3.05) is 39.9 Å². The average Bonchev–Trinajstić information content (AvgIpc) is 2.86. The number of rotatable bonds is 5. The van der Waals surface area contributed by atoms with Crippen molar-refractivity contribution in [3.63, 3.8) is 0 Å². The molecule has 2 aliphatic rings. The Balaban J connectivity index is 0.00000200. The van der Waals surface area contributed by atoms with E-state index in [1.165, 1.54) is 38.8 Å². The van der Waals surface area contributed by atoms with Gasteiger partial charge in [-0.1, -0.05) is 12.8 Å². The molecule has 0 spiro atoms. The number of halogens is 1. The molecule has 0 bridgehead atoms. The van der Waals surface area contributed by atoms with Crippen LogP contribution >= 0.6 is 24.0 Å². The van der Waals surface area contributed by atoms with Crippen molar-refractivity contribution in [3.8, 4) is 0 Å². The second-order valence-electron chi connectivity index (χ2n) is 5.73. The average molecular weight is 395 g/mol. The predicted octanol–water partition coefficient (Wildman–Crippen LogP) is 2.73. The van der Waals surface area contributed by atoms with Crippen molar-refractivity contribution in [1.82, 2.24) is 10.2 Å². The summed E-state index contributed by atoms with van der Waals surface area (Å²) in [5, 5.41) is 3.48. The molecule has 1 heterocycles. The standard InChI is InChI=1S/C15H29N3O.HI/c1-3-19-10-6-9-17-15(16-2)18-11-13-7-4-5-8-14(13)12-18;/h13-14H,3-12H2,1-2H3,(H,16,17);1H. The van der Waals surface area contributed by atoms with E-state index in [0.717, 1.165) is 44.0 Å². The molecule has 0 aromatic carbocycles. The zero-order chi connectivity index (χ0) is 13.5. The number of fused-ring (bicyclic) bond motifs is 1. The van der Waals surface area contributed by atoms with Crippen molar-refractivity contribution >= 4 is 29.9 Å². The Labute approximate surface area is 140 Å². The van der Waals surface area contributed by atoms with Crippen LogP contribution in [0.2, 0.25) is 0 Å². The maximum atomic E-state index is 5.36. The molecule has 0 aromatic rings. The van der Waals surface area contributed by atoms with Crippen molar-refractivity contribution in [3.05, 3.63) is 0 Å². The lowest BCUT2D eigenvalue weighted by molar-refractivity contribution is 0.145. The van der Waals surface area contributed by atoms with Crippen LogP contribution in [0.1, 0.15) is 39.0 Å². The third-order valence-electron chi connectivity index (χ3n) is 4.44. The topological polar surface area (TPSA) is 36.9 Å². The number of ether oxygens (including phenoxy) is 1. The summed E-state index contributed by atoms with van der Waals surface area (Å²) in [6, 6.07) is 0. The van der Waals surface area contributed by atoms with Gasteiger partial charge in [0.05, 0.1) is 0 Å². The molecule has 0 aromatic heterocycles. The van der Waals surface area contributed by atoms with Crippen LogP contribution in [0, 0.1) is 11.8 Å². The van der Waals surface area contributed by atoms with Gasteiger partial charge in [0.1, 0.15) is 0 Å². The first-order valence-corrected chi connectivity index (χ1v) is 7.88. The minimum absolute atomic E-state index is 0. The zero-order valence-electron chi connectivity index (χ0n) is 12.9. The van der Waals surface area contributed by atoms with Gasteiger partial charge in [0.25, 0.3) is 0 Å². The molecule has 1 saturated heterocycles. The Morgan fingerprint density at radius 3 is 2.45 bits per heavy atom. The fraction of sp³-hybridized carbons (Fsp3) is 0.933. The van der Waals surface area contributed by atoms with Gasteiger partial charge in [-0.25, -0.2) is 0 Å². The molecule has 1 aliphatic carbocycles. The van der Waals surface area contributed by atoms with Gasteiger partial charge in [-0.05, 0) is 38.0 Å². The van der Waals surface area contributed by atoms with Gasteiger partial charge in [-0.3, -0.25) is 4.99 Å². The van der Waals surface area contributed by atoms with Crippen LogP contribution in [0.25, 0.3) is 0 Å². The van der Waals surface area contributed by atoms with Crippen LogP contribution in [-0.2, 0) is 4.74 Å². The molecule has 5 heteroatoms. The van der Waals surface area contributed by atoms with Crippen molar-refractivity contribution in [1.29, 1.82) is 0 Å². The summed E-state index contributed by atoms with van der Waals surface area (Å²) < 4.78 is 5.36. The zero-order valence-corrected chi connectivity index (χ0v) is 15.3. The Kier molecular flexibility index (Phi) is 8.84. The van der Waals surface area contributed by atoms with Crippen LogP contribution < -0.4 is 5.32 Å². The van der Waals surface area contributed by atoms with E-state index < -0.39 is 0 Å². The van der Waals surface area contributed by atoms with E-state index in [9.17, 15) is 0 Å². The lowest BCUT2D eigenvalue weighted by Crippen LogP contribution is -2.40. The molecule has 4 nitrogen and oxygen atoms in total. The van der Waals surface area contributed by atoms with E-state index in [1.807, 2.05) is 14.0 Å². The summed E-state index contributed by atoms with van der Waals surface area (Å²) in [4.78, 5) is 6.90. The predicted molar refractivity (Wildman–Crippen MR) is 94.9 cm³/mol. The molecule has 20 heavy (non-hydrogen) atoms. The molecule has 1 N–H and O–H groups in total. The van der Waals surface area contributed by atoms with E-state index in [4.69, 9.17) is 4.74 Å². The number of likely N-dealkylation sites (tertiary alicyclic amines) is 1. The van der Waals surface area contributed by atoms with Gasteiger partial charge < -0.3 is 15.0 Å². The summed E-state index contributed by atoms with van der Waals surface area (Å²) in [5.41, 5.74) is 0. The second kappa shape index (κ2) is 9.82. The number of nitrogens with zero attached hydrogens (tertiary/aromatic N) is 2. The largest absolute Gasteiger partial charge is 0.382 e. The Bertz CT molecular complexity index is 285. The third kappa shape index (κ3) is 5.06. The minimum atomic E-state index is 0. The van der Waals surface area contributed by atoms with E-state index in [0.29, 0.717) is 0 Å². The van der Waals surface area contributed by atoms with Gasteiger partial charge >= 0.3 is 0 Å². The van der Waals surface area contributed by atoms with Crippen molar-refractivity contribution < 1.29 is 4.74 Å². The van der Waals surface area contributed by atoms with E-state index >= 15 is 0 Å². The normalized spacial score (nSPS) is 26.1. The van der Waals surface area contributed by atoms with E-state index in [2.05, 4.69) is 15.2 Å². The molecule has 2 rings (SSSR count). The molecule has 2 atom stereocenters. The van der Waals surface area contributed by atoms with Crippen molar-refractivity contribution in [2.24, 2.45) is 16.8 Å². The van der Waals surface area contributed by atoms with Crippen LogP contribution in [0.3, 0.4) is 0 Å². The summed E-state index contributed by atoms with van der Waals surface area (Å²) >= 11 is 0. The van der Waals surface area contributed by atoms with Gasteiger partial charge in [-0.15, -0.1) is 24.0 Å². The van der Waals surface area contributed by atoms with E-state index in [-0.39, 0.29) is 24.0 Å². The van der Waals surface area contributed by atoms with Crippen molar-refractivity contribution in [2.45, 2.75) is 39.0 Å². The first-order valence-electron chi connectivity index (χ1n) is 7.88. The third-order valence-corrected chi connectivity index (χ3v) is 4.44. The van der Waals surface area contributed by atoms with Gasteiger partial charge in [0.2, 0.25) is 0 Å². The summed E-state index contributed by atoms with van der Waals surface area (Å²) in [6.07, 6.45) is 6.74. The summed E-state index contributed by atoms with van der Waals surface area (Å²) in [7, 11) is 1.90. The highest BCUT2D eigenvalue weighted by Gasteiger charge is 2.35. The maximum Gasteiger partial charge on any atom is 0.193 e. The van der Waals surface area contributed by atoms with Crippen LogP contribution in [0.15, 0.2) is 4.99 Å². The number of aliphatic imine (C=N–C) groups is 1. The number of hydrogen-bond donors (Lipinski definition) is 1. The van der Waals surface area contributed by atoms with Gasteiger partial charge in [0, 0.05) is 39.9 Å². The first kappa shape index (κ1) is 18.0. The SMILES string of the molecule is CCOCCCNC(=NC)N1CC2CCCCC2C1.I. The van der Waals surface area contributed by atoms with Crippen LogP contribution in [-0.4, -0.2) is 50.8 Å². The Morgan fingerprint density at radius 2 is 1.90 bits per heavy atom. The Hall–Kier alpha value is -0.0400. The van der Waals surface area contributed by atoms with Gasteiger partial charge in [0.15, 0.2) is 5.96 Å². The molecular formula is C15H30IN3O. The highest BCUT2D eigenvalue weighted by Crippen LogP contribution is 2.35. The maximum absolute atomic E-state index is 5.36. The molecular weight excluding hydrogens is 365 g/mol. The summed E-state index contributed by atoms with van der Waals surface area (Å²) in [5.74, 6) is 2.91. The summed E-state index contributed by atoms with van der Waals surface area (Å²) in [6.45, 7) is 7.05. The van der Waals surface area contributed by atoms with Gasteiger partial charge in [-0.2, -0.15) is 0 Å². The van der Waals surface area contributed by atoms with Crippen LogP contribution in [0.4, 0.5) is 0 Å². The number of hydrogen-bond acceptors (Lipinski definition) is 2. The molecule has 1 aliphatic heterocycles. The number of guanidine groups is 1. The number of nitrogens with one attached hydrogen (secondary N) is 1. The molecule has 0 amide bonds. The fourth-order valence-electron chi connectivity index (χ4n) is 3.43. The lowest BCUT2D eigenvalue weighted by Gasteiger charge is -2.22. The fourth-order valence-corrected chi connectivity index (χ4v) is 3.43. The van der Waals surface area contributed by atoms with Crippen LogP contribution in [0.5, 0.6) is 0 Å². The minimum Gasteiger partial charge on any atom is -0.382 e. The quantitative estimate of drug-likeness (QED) is 0.337. The highest BCUT2D eigenvalue weighted by molar-refractivity contribution is 14.0. The lowest BCUT2D eigenvalue weighted by atomic mass is 9.82. The Morgan fingerprint density at radius 1 is 1.25 bits per heavy atom. The molecule has 1 saturated carbocycles. The molecule has 2 unspecified atom stereocenters. The first-order chi connectivity index (χ1) is 9.35. The molecule has 0 radical (unpaired) electrons. The second-order valence-corrected chi connectivity index (χ2v) is 5.73. The highest BCUT2D eigenvalue weighted by atomic mass is 127. The monoisotopic (exact) mass is 395 g/mol.